The van der Waals surface area contributed by atoms with Crippen LogP contribution in [-0.2, 0) is 14.3 Å². The number of para-hydroxylation sites is 3. The fourth-order valence-corrected chi connectivity index (χ4v) is 5.86. The number of nitrogens with zero attached hydrogens (tertiary/aromatic N) is 3. The van der Waals surface area contributed by atoms with Gasteiger partial charge in [0.25, 0.3) is 0 Å². The van der Waals surface area contributed by atoms with Gasteiger partial charge in [-0.3, -0.25) is 9.59 Å². The first-order valence-corrected chi connectivity index (χ1v) is 16.0. The van der Waals surface area contributed by atoms with Crippen molar-refractivity contribution in [3.05, 3.63) is 83.9 Å². The average Bonchev–Trinajstić information content (AvgIpc) is 3.16. The molecule has 6 atom stereocenters. The summed E-state index contributed by atoms with van der Waals surface area (Å²) in [6.45, 7) is 1.06. The molecule has 268 valence electrons. The third-order valence-electron chi connectivity index (χ3n) is 8.63. The minimum Gasteiger partial charge on any atom is -0.495 e. The van der Waals surface area contributed by atoms with Crippen LogP contribution >= 0.6 is 0 Å². The Bertz CT molecular complexity index is 1650. The molecule has 9 N–H and O–H groups in total. The Morgan fingerprint density at radius 2 is 1.66 bits per heavy atom. The van der Waals surface area contributed by atoms with Crippen molar-refractivity contribution in [2.24, 2.45) is 10.9 Å². The van der Waals surface area contributed by atoms with E-state index in [2.05, 4.69) is 20.7 Å². The van der Waals surface area contributed by atoms with Gasteiger partial charge in [0.05, 0.1) is 25.9 Å². The molecule has 2 saturated heterocycles. The Balaban J connectivity index is 1.33. The number of hydrogen-bond acceptors (Lipinski definition) is 13. The second-order valence-corrected chi connectivity index (χ2v) is 11.8. The largest absolute Gasteiger partial charge is 0.495 e. The van der Waals surface area contributed by atoms with Gasteiger partial charge in [0, 0.05) is 43.0 Å². The Morgan fingerprint density at radius 3 is 2.36 bits per heavy atom. The molecule has 5 rings (SSSR count). The molecule has 50 heavy (non-hydrogen) atoms. The van der Waals surface area contributed by atoms with Gasteiger partial charge in [-0.2, -0.15) is 0 Å². The molecule has 0 aromatic heterocycles. The van der Waals surface area contributed by atoms with Crippen molar-refractivity contribution in [2.45, 2.75) is 36.7 Å². The van der Waals surface area contributed by atoms with E-state index >= 15 is 0 Å². The summed E-state index contributed by atoms with van der Waals surface area (Å²) in [6, 6.07) is 19.3. The lowest BCUT2D eigenvalue weighted by molar-refractivity contribution is -0.277. The molecular weight excluding hydrogens is 652 g/mol. The molecule has 0 aliphatic carbocycles. The maximum atomic E-state index is 13.9. The number of carbonyl (C=O) groups excluding carboxylic acids is 2. The quantitative estimate of drug-likeness (QED) is 0.0522. The minimum atomic E-state index is -1.69. The normalized spacial score (nSPS) is 23.1. The number of aliphatic hydroxyl groups is 4. The van der Waals surface area contributed by atoms with Crippen LogP contribution in [0, 0.1) is 0 Å². The summed E-state index contributed by atoms with van der Waals surface area (Å²) >= 11 is 0. The zero-order valence-corrected chi connectivity index (χ0v) is 27.3. The predicted octanol–water partition coefficient (Wildman–Crippen LogP) is -0.413. The van der Waals surface area contributed by atoms with Crippen LogP contribution in [0.1, 0.15) is 17.2 Å². The molecule has 2 aliphatic rings. The van der Waals surface area contributed by atoms with Gasteiger partial charge in [-0.1, -0.05) is 47.6 Å². The van der Waals surface area contributed by atoms with Gasteiger partial charge in [-0.05, 0) is 30.3 Å². The molecule has 0 bridgehead atoms. The smallest absolute Gasteiger partial charge is 0.247 e. The van der Waals surface area contributed by atoms with Crippen LogP contribution < -0.4 is 30.7 Å². The number of nitrogens with two attached hydrogens (primary N) is 1. The number of piperazine rings is 1. The lowest BCUT2D eigenvalue weighted by Crippen LogP contribution is -2.60. The van der Waals surface area contributed by atoms with Gasteiger partial charge < -0.3 is 66.0 Å². The first-order valence-electron chi connectivity index (χ1n) is 16.0. The van der Waals surface area contributed by atoms with Crippen LogP contribution in [-0.4, -0.2) is 125 Å². The summed E-state index contributed by atoms with van der Waals surface area (Å²) in [5.74, 6) is -0.236. The van der Waals surface area contributed by atoms with Crippen LogP contribution in [0.4, 0.5) is 11.4 Å². The number of carbonyl (C=O) groups is 2. The minimum absolute atomic E-state index is 0.0656. The number of methoxy groups -OCH3 is 1. The van der Waals surface area contributed by atoms with E-state index in [4.69, 9.17) is 19.9 Å². The van der Waals surface area contributed by atoms with Gasteiger partial charge in [0.2, 0.25) is 18.1 Å². The molecule has 6 unspecified atom stereocenters. The second kappa shape index (κ2) is 16.5. The Labute approximate surface area is 288 Å². The Hall–Kier alpha value is -5.13. The third kappa shape index (κ3) is 8.18. The van der Waals surface area contributed by atoms with Gasteiger partial charge >= 0.3 is 0 Å². The summed E-state index contributed by atoms with van der Waals surface area (Å²) in [5, 5.41) is 58.8. The number of anilines is 2. The number of amidine groups is 1. The molecule has 16 nitrogen and oxygen atoms in total. The third-order valence-corrected chi connectivity index (χ3v) is 8.63. The summed E-state index contributed by atoms with van der Waals surface area (Å²) in [6.07, 6.45) is -7.70. The molecule has 0 saturated carbocycles. The number of hydrogen-bond donors (Lipinski definition) is 8. The van der Waals surface area contributed by atoms with Crippen molar-refractivity contribution < 1.29 is 49.4 Å². The van der Waals surface area contributed by atoms with E-state index in [0.717, 1.165) is 11.4 Å². The van der Waals surface area contributed by atoms with Crippen LogP contribution in [0.5, 0.6) is 11.5 Å². The summed E-state index contributed by atoms with van der Waals surface area (Å²) < 4.78 is 17.0. The van der Waals surface area contributed by atoms with E-state index in [1.807, 2.05) is 24.3 Å². The van der Waals surface area contributed by atoms with Crippen LogP contribution in [0.3, 0.4) is 0 Å². The SMILES string of the molecule is COc1ccccc1N1CCN(C(=O)CNC(=O)C(Nc2cccc(/C(N)=N/O)c2)c2ccccc2OC2OC(CO)C(O)C(O)C2O)CC1. The Kier molecular flexibility index (Phi) is 11.9. The number of aliphatic hydroxyl groups excluding tert-OH is 4. The van der Waals surface area contributed by atoms with E-state index in [9.17, 15) is 35.2 Å². The van der Waals surface area contributed by atoms with Crippen molar-refractivity contribution in [2.75, 3.05) is 56.7 Å². The fourth-order valence-electron chi connectivity index (χ4n) is 5.86. The van der Waals surface area contributed by atoms with Crippen LogP contribution in [0.2, 0.25) is 0 Å². The highest BCUT2D eigenvalue weighted by Gasteiger charge is 2.45. The van der Waals surface area contributed by atoms with Crippen molar-refractivity contribution in [1.29, 1.82) is 0 Å². The van der Waals surface area contributed by atoms with Crippen molar-refractivity contribution in [3.8, 4) is 11.5 Å². The topological polar surface area (TPSA) is 232 Å². The van der Waals surface area contributed by atoms with Gasteiger partial charge in [-0.15, -0.1) is 0 Å². The van der Waals surface area contributed by atoms with E-state index in [-0.39, 0.29) is 29.6 Å². The predicted molar refractivity (Wildman–Crippen MR) is 181 cm³/mol. The maximum Gasteiger partial charge on any atom is 0.247 e. The molecule has 2 heterocycles. The number of oxime groups is 1. The molecule has 2 fully saturated rings. The van der Waals surface area contributed by atoms with Gasteiger partial charge in [0.1, 0.15) is 42.0 Å². The highest BCUT2D eigenvalue weighted by Crippen LogP contribution is 2.32. The van der Waals surface area contributed by atoms with Crippen LogP contribution in [0.25, 0.3) is 0 Å². The standard InChI is InChI=1S/C34H42N6O10/c1-48-25-12-5-3-10-23(25)39-13-15-40(16-14-39)27(42)18-36-33(46)28(37-21-8-6-7-20(17-21)32(35)38-47)22-9-2-4-11-24(22)49-34-31(45)30(44)29(43)26(19-41)50-34/h2-12,17,26,28-31,34,37,41,43-45,47H,13-16,18-19H2,1H3,(H2,35,38)(H,36,46). The average molecular weight is 695 g/mol. The monoisotopic (exact) mass is 694 g/mol. The number of benzene rings is 3. The van der Waals surface area contributed by atoms with Gasteiger partial charge in [-0.25, -0.2) is 0 Å². The molecule has 3 aromatic rings. The number of nitrogens with one attached hydrogen (secondary N) is 2. The molecule has 0 spiro atoms. The zero-order chi connectivity index (χ0) is 35.8. The summed E-state index contributed by atoms with van der Waals surface area (Å²) in [7, 11) is 1.61. The van der Waals surface area contributed by atoms with Crippen LogP contribution in [0.15, 0.2) is 78.0 Å². The number of ether oxygens (including phenoxy) is 3. The van der Waals surface area contributed by atoms with E-state index < -0.39 is 49.3 Å². The lowest BCUT2D eigenvalue weighted by atomic mass is 9.99. The summed E-state index contributed by atoms with van der Waals surface area (Å²) in [4.78, 5) is 31.0. The lowest BCUT2D eigenvalue weighted by Gasteiger charge is -2.40. The van der Waals surface area contributed by atoms with E-state index in [1.165, 1.54) is 6.07 Å². The zero-order valence-electron chi connectivity index (χ0n) is 27.3. The molecule has 3 aromatic carbocycles. The molecular formula is C34H42N6O10. The first kappa shape index (κ1) is 36.2. The molecule has 2 aliphatic heterocycles. The first-order chi connectivity index (χ1) is 24.1. The van der Waals surface area contributed by atoms with E-state index in [0.29, 0.717) is 37.4 Å². The molecule has 16 heteroatoms. The van der Waals surface area contributed by atoms with E-state index in [1.54, 1.807) is 54.5 Å². The maximum absolute atomic E-state index is 13.9. The number of rotatable bonds is 12. The van der Waals surface area contributed by atoms with Crippen molar-refractivity contribution in [3.63, 3.8) is 0 Å². The Morgan fingerprint density at radius 1 is 0.960 bits per heavy atom. The molecule has 0 radical (unpaired) electrons. The summed E-state index contributed by atoms with van der Waals surface area (Å²) in [5.41, 5.74) is 7.74. The number of amides is 2. The van der Waals surface area contributed by atoms with Crippen molar-refractivity contribution >= 4 is 29.0 Å². The van der Waals surface area contributed by atoms with Crippen molar-refractivity contribution in [1.82, 2.24) is 10.2 Å². The molecule has 2 amide bonds. The highest BCUT2D eigenvalue weighted by molar-refractivity contribution is 5.98. The fraction of sp³-hybridized carbons (Fsp3) is 0.382. The second-order valence-electron chi connectivity index (χ2n) is 11.8. The highest BCUT2D eigenvalue weighted by atomic mass is 16.7. The van der Waals surface area contributed by atoms with Gasteiger partial charge in [0.15, 0.2) is 5.84 Å².